The zero-order valence-corrected chi connectivity index (χ0v) is 14.4. The Kier molecular flexibility index (Phi) is 6.36. The fourth-order valence-corrected chi connectivity index (χ4v) is 4.43. The van der Waals surface area contributed by atoms with Crippen molar-refractivity contribution in [1.29, 1.82) is 0 Å². The zero-order chi connectivity index (χ0) is 15.2. The number of carbonyl (C=O) groups excluding carboxylic acids is 1. The quantitative estimate of drug-likeness (QED) is 0.873. The van der Waals surface area contributed by atoms with E-state index in [1.54, 1.807) is 11.3 Å². The Balaban J connectivity index is 1.76. The lowest BCUT2D eigenvalue weighted by Gasteiger charge is -2.22. The first-order chi connectivity index (χ1) is 10.0. The molecule has 21 heavy (non-hydrogen) atoms. The molecule has 0 spiro atoms. The third-order valence-corrected chi connectivity index (χ3v) is 6.03. The van der Waals surface area contributed by atoms with E-state index >= 15 is 0 Å². The van der Waals surface area contributed by atoms with Gasteiger partial charge in [0.1, 0.15) is 5.75 Å². The third-order valence-electron chi connectivity index (χ3n) is 3.63. The summed E-state index contributed by atoms with van der Waals surface area (Å²) in [7, 11) is -1.17. The van der Waals surface area contributed by atoms with Gasteiger partial charge in [-0.15, -0.1) is 11.3 Å². The van der Waals surface area contributed by atoms with Gasteiger partial charge in [0.25, 0.3) is 0 Å². The van der Waals surface area contributed by atoms with E-state index in [0.717, 1.165) is 23.5 Å². The van der Waals surface area contributed by atoms with Crippen LogP contribution in [0.25, 0.3) is 0 Å². The van der Waals surface area contributed by atoms with Crippen molar-refractivity contribution in [3.63, 3.8) is 0 Å². The summed E-state index contributed by atoms with van der Waals surface area (Å²) in [6.07, 6.45) is 5.75. The fourth-order valence-electron chi connectivity index (χ4n) is 2.53. The van der Waals surface area contributed by atoms with Crippen LogP contribution in [0.15, 0.2) is 5.38 Å². The minimum atomic E-state index is -1.17. The number of rotatable bonds is 6. The van der Waals surface area contributed by atoms with Gasteiger partial charge in [-0.25, -0.2) is 4.98 Å². The molecule has 4 nitrogen and oxygen atoms in total. The van der Waals surface area contributed by atoms with E-state index in [-0.39, 0.29) is 17.7 Å². The summed E-state index contributed by atoms with van der Waals surface area (Å²) in [4.78, 5) is 16.4. The van der Waals surface area contributed by atoms with Crippen LogP contribution in [0.2, 0.25) is 0 Å². The SMILES string of the molecule is CC(C)c1nc(C[S@@](=O)CC(=O)NC2CCCCC2)cs1. The summed E-state index contributed by atoms with van der Waals surface area (Å²) in [5, 5.41) is 6.02. The topological polar surface area (TPSA) is 59.1 Å². The Morgan fingerprint density at radius 1 is 1.43 bits per heavy atom. The van der Waals surface area contributed by atoms with E-state index in [0.29, 0.717) is 11.7 Å². The van der Waals surface area contributed by atoms with Crippen LogP contribution in [0.1, 0.15) is 62.6 Å². The molecule has 1 N–H and O–H groups in total. The molecular formula is C15H24N2O2S2. The predicted molar refractivity (Wildman–Crippen MR) is 87.9 cm³/mol. The average molecular weight is 329 g/mol. The largest absolute Gasteiger partial charge is 0.353 e. The standard InChI is InChI=1S/C15H24N2O2S2/c1-11(2)15-17-13(8-20-15)9-21(19)10-14(18)16-12-6-4-3-5-7-12/h8,11-12H,3-7,9-10H2,1-2H3,(H,16,18)/t21-/m1/s1. The van der Waals surface area contributed by atoms with Gasteiger partial charge in [0.2, 0.25) is 5.91 Å². The number of thiazole rings is 1. The van der Waals surface area contributed by atoms with Crippen molar-refractivity contribution in [3.05, 3.63) is 16.1 Å². The van der Waals surface area contributed by atoms with E-state index in [1.165, 1.54) is 19.3 Å². The first-order valence-corrected chi connectivity index (χ1v) is 10.00. The van der Waals surface area contributed by atoms with Gasteiger partial charge < -0.3 is 5.32 Å². The molecule has 1 heterocycles. The van der Waals surface area contributed by atoms with Crippen LogP contribution in [0.5, 0.6) is 0 Å². The molecule has 6 heteroatoms. The van der Waals surface area contributed by atoms with Crippen LogP contribution >= 0.6 is 11.3 Å². The maximum Gasteiger partial charge on any atom is 0.232 e. The van der Waals surface area contributed by atoms with Gasteiger partial charge >= 0.3 is 0 Å². The highest BCUT2D eigenvalue weighted by Crippen LogP contribution is 2.20. The smallest absolute Gasteiger partial charge is 0.232 e. The summed E-state index contributed by atoms with van der Waals surface area (Å²) in [5.41, 5.74) is 0.840. The number of hydrogen-bond donors (Lipinski definition) is 1. The molecule has 1 saturated carbocycles. The van der Waals surface area contributed by atoms with Crippen molar-refractivity contribution < 1.29 is 9.00 Å². The normalized spacial score (nSPS) is 17.9. The summed E-state index contributed by atoms with van der Waals surface area (Å²) in [6, 6.07) is 0.287. The molecule has 1 fully saturated rings. The molecule has 1 aliphatic carbocycles. The van der Waals surface area contributed by atoms with Crippen molar-refractivity contribution in [2.75, 3.05) is 5.75 Å². The molecule has 1 atom stereocenters. The van der Waals surface area contributed by atoms with Gasteiger partial charge in [-0.1, -0.05) is 33.1 Å². The van der Waals surface area contributed by atoms with Gasteiger partial charge in [0.05, 0.1) is 16.5 Å². The molecule has 0 aliphatic heterocycles. The van der Waals surface area contributed by atoms with E-state index in [4.69, 9.17) is 0 Å². The van der Waals surface area contributed by atoms with Crippen molar-refractivity contribution in [1.82, 2.24) is 10.3 Å². The van der Waals surface area contributed by atoms with Crippen LogP contribution in [-0.2, 0) is 21.3 Å². The number of nitrogens with one attached hydrogen (secondary N) is 1. The van der Waals surface area contributed by atoms with Gasteiger partial charge in [-0.2, -0.15) is 0 Å². The van der Waals surface area contributed by atoms with Crippen LogP contribution in [0.4, 0.5) is 0 Å². The Morgan fingerprint density at radius 2 is 2.14 bits per heavy atom. The van der Waals surface area contributed by atoms with Gasteiger partial charge in [0.15, 0.2) is 0 Å². The lowest BCUT2D eigenvalue weighted by molar-refractivity contribution is -0.119. The molecule has 0 bridgehead atoms. The second-order valence-corrected chi connectivity index (χ2v) is 8.31. The van der Waals surface area contributed by atoms with Crippen LogP contribution < -0.4 is 5.32 Å². The molecule has 1 aromatic heterocycles. The molecule has 1 aromatic rings. The number of aromatic nitrogens is 1. The predicted octanol–water partition coefficient (Wildman–Crippen LogP) is 2.96. The lowest BCUT2D eigenvalue weighted by Crippen LogP contribution is -2.38. The van der Waals surface area contributed by atoms with E-state index in [9.17, 15) is 9.00 Å². The van der Waals surface area contributed by atoms with Crippen molar-refractivity contribution >= 4 is 28.0 Å². The minimum Gasteiger partial charge on any atom is -0.353 e. The Morgan fingerprint density at radius 3 is 2.76 bits per heavy atom. The van der Waals surface area contributed by atoms with Gasteiger partial charge in [0, 0.05) is 28.1 Å². The monoisotopic (exact) mass is 328 g/mol. The summed E-state index contributed by atoms with van der Waals surface area (Å²) < 4.78 is 12.1. The van der Waals surface area contributed by atoms with Crippen molar-refractivity contribution in [2.45, 2.75) is 63.7 Å². The summed E-state index contributed by atoms with van der Waals surface area (Å²) in [5.74, 6) is 0.776. The molecular weight excluding hydrogens is 304 g/mol. The Hall–Kier alpha value is -0.750. The molecule has 0 radical (unpaired) electrons. The van der Waals surface area contributed by atoms with Crippen LogP contribution in [0.3, 0.4) is 0 Å². The van der Waals surface area contributed by atoms with Crippen molar-refractivity contribution in [2.24, 2.45) is 0 Å². The highest BCUT2D eigenvalue weighted by molar-refractivity contribution is 7.84. The molecule has 2 rings (SSSR count). The molecule has 1 amide bonds. The maximum absolute atomic E-state index is 12.1. The van der Waals surface area contributed by atoms with Gasteiger partial charge in [-0.3, -0.25) is 9.00 Å². The average Bonchev–Trinajstić information content (AvgIpc) is 2.88. The second-order valence-electron chi connectivity index (χ2n) is 5.96. The Bertz CT molecular complexity index is 494. The van der Waals surface area contributed by atoms with E-state index < -0.39 is 10.8 Å². The highest BCUT2D eigenvalue weighted by atomic mass is 32.2. The van der Waals surface area contributed by atoms with Crippen LogP contribution in [-0.4, -0.2) is 26.9 Å². The van der Waals surface area contributed by atoms with Crippen LogP contribution in [0, 0.1) is 0 Å². The van der Waals surface area contributed by atoms with Crippen molar-refractivity contribution in [3.8, 4) is 0 Å². The molecule has 1 aliphatic rings. The molecule has 118 valence electrons. The van der Waals surface area contributed by atoms with E-state index in [2.05, 4.69) is 24.1 Å². The number of hydrogen-bond acceptors (Lipinski definition) is 4. The number of amides is 1. The highest BCUT2D eigenvalue weighted by Gasteiger charge is 2.17. The third kappa shape index (κ3) is 5.51. The fraction of sp³-hybridized carbons (Fsp3) is 0.733. The molecule has 0 saturated heterocycles. The lowest BCUT2D eigenvalue weighted by atomic mass is 9.95. The number of carbonyl (C=O) groups is 1. The van der Waals surface area contributed by atoms with Gasteiger partial charge in [-0.05, 0) is 12.8 Å². The zero-order valence-electron chi connectivity index (χ0n) is 12.8. The second kappa shape index (κ2) is 8.03. The summed E-state index contributed by atoms with van der Waals surface area (Å²) >= 11 is 1.60. The van der Waals surface area contributed by atoms with E-state index in [1.807, 2.05) is 5.38 Å². The first-order valence-electron chi connectivity index (χ1n) is 7.63. The molecule has 0 unspecified atom stereocenters. The summed E-state index contributed by atoms with van der Waals surface area (Å²) in [6.45, 7) is 4.19. The first kappa shape index (κ1) is 16.6. The minimum absolute atomic E-state index is 0.0838. The molecule has 0 aromatic carbocycles. The number of nitrogens with zero attached hydrogens (tertiary/aromatic N) is 1. The Labute approximate surface area is 133 Å². The maximum atomic E-state index is 12.1.